The first-order valence-corrected chi connectivity index (χ1v) is 9.17. The zero-order valence-electron chi connectivity index (χ0n) is 11.2. The van der Waals surface area contributed by atoms with Crippen LogP contribution in [0.2, 0.25) is 0 Å². The number of nitrogens with zero attached hydrogens (tertiary/aromatic N) is 1. The third-order valence-corrected chi connectivity index (χ3v) is 6.60. The summed E-state index contributed by atoms with van der Waals surface area (Å²) in [6, 6.07) is 8.26. The molecule has 0 spiro atoms. The Hall–Kier alpha value is -0.390. The molecule has 1 fully saturated rings. The molecule has 0 amide bonds. The maximum Gasteiger partial charge on any atom is 0.155 e. The Labute approximate surface area is 124 Å². The molecule has 1 unspecified atom stereocenters. The van der Waals surface area contributed by atoms with Crippen LogP contribution in [0.15, 0.2) is 28.7 Å². The van der Waals surface area contributed by atoms with Crippen molar-refractivity contribution in [2.45, 2.75) is 25.0 Å². The first-order chi connectivity index (χ1) is 8.99. The lowest BCUT2D eigenvalue weighted by molar-refractivity contribution is 0.274. The normalized spacial score (nSPS) is 23.4. The van der Waals surface area contributed by atoms with Crippen molar-refractivity contribution < 1.29 is 8.42 Å². The highest BCUT2D eigenvalue weighted by molar-refractivity contribution is 9.10. The summed E-state index contributed by atoms with van der Waals surface area (Å²) >= 11 is 3.55. The highest BCUT2D eigenvalue weighted by Crippen LogP contribution is 2.18. The molecule has 1 atom stereocenters. The van der Waals surface area contributed by atoms with E-state index in [1.54, 1.807) is 0 Å². The SMILES string of the molecule is CC1CN(CCCc2ccccc2Br)CCS1(=O)=O. The van der Waals surface area contributed by atoms with E-state index in [4.69, 9.17) is 0 Å². The second kappa shape index (κ2) is 6.37. The molecule has 0 bridgehead atoms. The van der Waals surface area contributed by atoms with Gasteiger partial charge in [-0.2, -0.15) is 0 Å². The summed E-state index contributed by atoms with van der Waals surface area (Å²) in [6.07, 6.45) is 2.09. The Morgan fingerprint density at radius 2 is 2.11 bits per heavy atom. The van der Waals surface area contributed by atoms with E-state index in [0.29, 0.717) is 18.8 Å². The van der Waals surface area contributed by atoms with Gasteiger partial charge in [0.15, 0.2) is 9.84 Å². The lowest BCUT2D eigenvalue weighted by Crippen LogP contribution is -2.45. The van der Waals surface area contributed by atoms with Crippen LogP contribution in [0, 0.1) is 0 Å². The topological polar surface area (TPSA) is 37.4 Å². The summed E-state index contributed by atoms with van der Waals surface area (Å²) in [4.78, 5) is 2.27. The largest absolute Gasteiger partial charge is 0.301 e. The summed E-state index contributed by atoms with van der Waals surface area (Å²) in [7, 11) is -2.83. The molecule has 106 valence electrons. The quantitative estimate of drug-likeness (QED) is 0.841. The average Bonchev–Trinajstić information content (AvgIpc) is 2.36. The summed E-state index contributed by atoms with van der Waals surface area (Å²) in [5.41, 5.74) is 1.32. The standard InChI is InChI=1S/C14H20BrNO2S/c1-12-11-16(9-10-19(12,17)18)8-4-6-13-5-2-3-7-14(13)15/h2-3,5,7,12H,4,6,8-11H2,1H3. The summed E-state index contributed by atoms with van der Waals surface area (Å²) in [5.74, 6) is 0.309. The Kier molecular flexibility index (Phi) is 5.03. The van der Waals surface area contributed by atoms with Crippen molar-refractivity contribution in [3.8, 4) is 0 Å². The number of benzene rings is 1. The second-order valence-corrected chi connectivity index (χ2v) is 8.57. The minimum absolute atomic E-state index is 0.218. The van der Waals surface area contributed by atoms with Gasteiger partial charge in [-0.15, -0.1) is 0 Å². The van der Waals surface area contributed by atoms with Crippen molar-refractivity contribution in [2.24, 2.45) is 0 Å². The first-order valence-electron chi connectivity index (χ1n) is 6.66. The molecule has 2 rings (SSSR count). The van der Waals surface area contributed by atoms with Gasteiger partial charge in [0.25, 0.3) is 0 Å². The fourth-order valence-electron chi connectivity index (χ4n) is 2.42. The Morgan fingerprint density at radius 3 is 2.79 bits per heavy atom. The van der Waals surface area contributed by atoms with Crippen molar-refractivity contribution in [3.05, 3.63) is 34.3 Å². The van der Waals surface area contributed by atoms with Gasteiger partial charge >= 0.3 is 0 Å². The highest BCUT2D eigenvalue weighted by Gasteiger charge is 2.28. The fraction of sp³-hybridized carbons (Fsp3) is 0.571. The zero-order valence-corrected chi connectivity index (χ0v) is 13.6. The molecule has 19 heavy (non-hydrogen) atoms. The third-order valence-electron chi connectivity index (χ3n) is 3.70. The van der Waals surface area contributed by atoms with E-state index in [-0.39, 0.29) is 5.25 Å². The number of rotatable bonds is 4. The number of halogens is 1. The van der Waals surface area contributed by atoms with E-state index in [0.717, 1.165) is 23.9 Å². The van der Waals surface area contributed by atoms with Crippen molar-refractivity contribution in [2.75, 3.05) is 25.4 Å². The summed E-state index contributed by atoms with van der Waals surface area (Å²) < 4.78 is 24.4. The van der Waals surface area contributed by atoms with Crippen LogP contribution < -0.4 is 0 Å². The molecule has 0 N–H and O–H groups in total. The molecule has 1 aliphatic rings. The molecule has 0 radical (unpaired) electrons. The van der Waals surface area contributed by atoms with Crippen molar-refractivity contribution in [3.63, 3.8) is 0 Å². The lowest BCUT2D eigenvalue weighted by Gasteiger charge is -2.30. The fourth-order valence-corrected chi connectivity index (χ4v) is 4.26. The van der Waals surface area contributed by atoms with Crippen LogP contribution in [0.5, 0.6) is 0 Å². The van der Waals surface area contributed by atoms with Gasteiger partial charge in [0.05, 0.1) is 11.0 Å². The Morgan fingerprint density at radius 1 is 1.37 bits per heavy atom. The molecule has 0 saturated carbocycles. The molecule has 1 heterocycles. The second-order valence-electron chi connectivity index (χ2n) is 5.17. The molecular weight excluding hydrogens is 326 g/mol. The van der Waals surface area contributed by atoms with E-state index < -0.39 is 9.84 Å². The molecule has 1 aromatic rings. The van der Waals surface area contributed by atoms with Crippen LogP contribution >= 0.6 is 15.9 Å². The smallest absolute Gasteiger partial charge is 0.155 e. The maximum absolute atomic E-state index is 11.6. The molecular formula is C14H20BrNO2S. The molecule has 0 aliphatic carbocycles. The molecule has 3 nitrogen and oxygen atoms in total. The van der Waals surface area contributed by atoms with Gasteiger partial charge in [0.2, 0.25) is 0 Å². The van der Waals surface area contributed by atoms with Crippen molar-refractivity contribution in [1.29, 1.82) is 0 Å². The zero-order chi connectivity index (χ0) is 13.9. The Bertz CT molecular complexity index is 530. The average molecular weight is 346 g/mol. The van der Waals surface area contributed by atoms with Gasteiger partial charge in [-0.05, 0) is 37.9 Å². The maximum atomic E-state index is 11.6. The monoisotopic (exact) mass is 345 g/mol. The number of sulfone groups is 1. The van der Waals surface area contributed by atoms with Crippen LogP contribution in [-0.4, -0.2) is 44.0 Å². The lowest BCUT2D eigenvalue weighted by atomic mass is 10.1. The molecule has 0 aromatic heterocycles. The predicted molar refractivity (Wildman–Crippen MR) is 82.2 cm³/mol. The van der Waals surface area contributed by atoms with Crippen LogP contribution in [0.1, 0.15) is 18.9 Å². The number of hydrogen-bond acceptors (Lipinski definition) is 3. The highest BCUT2D eigenvalue weighted by atomic mass is 79.9. The number of hydrogen-bond donors (Lipinski definition) is 0. The minimum atomic E-state index is -2.83. The van der Waals surface area contributed by atoms with Crippen molar-refractivity contribution >= 4 is 25.8 Å². The van der Waals surface area contributed by atoms with Gasteiger partial charge in [0, 0.05) is 17.6 Å². The molecule has 1 saturated heterocycles. The van der Waals surface area contributed by atoms with Gasteiger partial charge in [-0.25, -0.2) is 8.42 Å². The summed E-state index contributed by atoms with van der Waals surface area (Å²) in [6.45, 7) is 4.15. The van der Waals surface area contributed by atoms with Gasteiger partial charge in [-0.1, -0.05) is 34.1 Å². The molecule has 1 aliphatic heterocycles. The van der Waals surface area contributed by atoms with E-state index in [1.807, 2.05) is 13.0 Å². The van der Waals surface area contributed by atoms with E-state index >= 15 is 0 Å². The van der Waals surface area contributed by atoms with Crippen LogP contribution in [0.25, 0.3) is 0 Å². The van der Waals surface area contributed by atoms with E-state index in [2.05, 4.69) is 39.0 Å². The summed E-state index contributed by atoms with van der Waals surface area (Å²) in [5, 5.41) is -0.218. The third kappa shape index (κ3) is 4.04. The van der Waals surface area contributed by atoms with Gasteiger partial charge in [-0.3, -0.25) is 0 Å². The first kappa shape index (κ1) is 15.0. The number of aryl methyl sites for hydroxylation is 1. The molecule has 5 heteroatoms. The Balaban J connectivity index is 1.80. The van der Waals surface area contributed by atoms with Crippen LogP contribution in [-0.2, 0) is 16.3 Å². The van der Waals surface area contributed by atoms with E-state index in [9.17, 15) is 8.42 Å². The van der Waals surface area contributed by atoms with E-state index in [1.165, 1.54) is 5.56 Å². The van der Waals surface area contributed by atoms with Gasteiger partial charge < -0.3 is 4.90 Å². The van der Waals surface area contributed by atoms with Crippen molar-refractivity contribution in [1.82, 2.24) is 4.90 Å². The van der Waals surface area contributed by atoms with Crippen LogP contribution in [0.4, 0.5) is 0 Å². The van der Waals surface area contributed by atoms with Crippen LogP contribution in [0.3, 0.4) is 0 Å². The predicted octanol–water partition coefficient (Wildman–Crippen LogP) is 2.50. The molecule has 1 aromatic carbocycles. The van der Waals surface area contributed by atoms with Gasteiger partial charge in [0.1, 0.15) is 0 Å². The minimum Gasteiger partial charge on any atom is -0.301 e.